The maximum Gasteiger partial charge on any atom is 0.257 e. The first-order valence-corrected chi connectivity index (χ1v) is 9.49. The number of furan rings is 1. The second-order valence-electron chi connectivity index (χ2n) is 6.29. The van der Waals surface area contributed by atoms with Gasteiger partial charge >= 0.3 is 0 Å². The highest BCUT2D eigenvalue weighted by Crippen LogP contribution is 2.19. The molecule has 0 aliphatic carbocycles. The fraction of sp³-hybridized carbons (Fsp3) is 0.211. The van der Waals surface area contributed by atoms with Crippen LogP contribution in [0, 0.1) is 13.8 Å². The van der Waals surface area contributed by atoms with Gasteiger partial charge in [-0.15, -0.1) is 11.3 Å². The summed E-state index contributed by atoms with van der Waals surface area (Å²) in [4.78, 5) is 27.7. The zero-order valence-electron chi connectivity index (χ0n) is 15.7. The molecule has 28 heavy (non-hydrogen) atoms. The van der Waals surface area contributed by atoms with Gasteiger partial charge < -0.3 is 9.32 Å². The summed E-state index contributed by atoms with van der Waals surface area (Å²) < 4.78 is 6.94. The average Bonchev–Trinajstić information content (AvgIpc) is 3.43. The van der Waals surface area contributed by atoms with E-state index in [9.17, 15) is 4.79 Å². The highest BCUT2D eigenvalue weighted by molar-refractivity contribution is 7.09. The van der Waals surface area contributed by atoms with Crippen molar-refractivity contribution in [2.75, 3.05) is 7.05 Å². The summed E-state index contributed by atoms with van der Waals surface area (Å²) in [6.45, 7) is 4.21. The summed E-state index contributed by atoms with van der Waals surface area (Å²) in [7, 11) is 1.75. The van der Waals surface area contributed by atoms with Gasteiger partial charge in [-0.1, -0.05) is 0 Å². The van der Waals surface area contributed by atoms with E-state index in [0.717, 1.165) is 10.7 Å². The monoisotopic (exact) mass is 394 g/mol. The Bertz CT molecular complexity index is 1120. The number of hydrogen-bond donors (Lipinski definition) is 0. The smallest absolute Gasteiger partial charge is 0.257 e. The molecule has 0 atom stereocenters. The molecular formula is C19H18N6O2S. The molecule has 0 aliphatic heterocycles. The van der Waals surface area contributed by atoms with Crippen LogP contribution < -0.4 is 0 Å². The Morgan fingerprint density at radius 3 is 2.86 bits per heavy atom. The second-order valence-corrected chi connectivity index (χ2v) is 7.36. The molecule has 0 saturated heterocycles. The number of amides is 1. The molecule has 0 spiro atoms. The number of thiazole rings is 1. The SMILES string of the molecule is Cc1nc(CN(C)C(=O)c2cnn(-c3nccc(-c4ccco4)n3)c2C)cs1. The van der Waals surface area contributed by atoms with Crippen LogP contribution in [0.1, 0.15) is 26.8 Å². The number of rotatable bonds is 5. The van der Waals surface area contributed by atoms with E-state index in [1.54, 1.807) is 58.8 Å². The Morgan fingerprint density at radius 1 is 1.29 bits per heavy atom. The van der Waals surface area contributed by atoms with Crippen LogP contribution >= 0.6 is 11.3 Å². The van der Waals surface area contributed by atoms with Crippen LogP contribution in [0.2, 0.25) is 0 Å². The molecule has 0 bridgehead atoms. The van der Waals surface area contributed by atoms with Crippen LogP contribution in [-0.4, -0.2) is 42.6 Å². The van der Waals surface area contributed by atoms with Crippen molar-refractivity contribution >= 4 is 17.2 Å². The molecule has 0 aliphatic rings. The summed E-state index contributed by atoms with van der Waals surface area (Å²) in [5.41, 5.74) is 2.69. The average molecular weight is 394 g/mol. The maximum atomic E-state index is 12.9. The molecule has 4 aromatic heterocycles. The molecule has 4 heterocycles. The lowest BCUT2D eigenvalue weighted by atomic mass is 10.2. The Morgan fingerprint density at radius 2 is 2.14 bits per heavy atom. The molecule has 0 N–H and O–H groups in total. The van der Waals surface area contributed by atoms with Gasteiger partial charge in [0.1, 0.15) is 5.69 Å². The first-order valence-electron chi connectivity index (χ1n) is 8.61. The quantitative estimate of drug-likeness (QED) is 0.516. The number of carbonyl (C=O) groups excluding carboxylic acids is 1. The summed E-state index contributed by atoms with van der Waals surface area (Å²) in [5.74, 6) is 0.892. The lowest BCUT2D eigenvalue weighted by Gasteiger charge is -2.15. The maximum absolute atomic E-state index is 12.9. The highest BCUT2D eigenvalue weighted by Gasteiger charge is 2.20. The third-order valence-corrected chi connectivity index (χ3v) is 5.08. The predicted molar refractivity (Wildman–Crippen MR) is 104 cm³/mol. The molecule has 4 aromatic rings. The predicted octanol–water partition coefficient (Wildman–Crippen LogP) is 3.27. The minimum Gasteiger partial charge on any atom is -0.463 e. The first-order chi connectivity index (χ1) is 13.5. The van der Waals surface area contributed by atoms with E-state index in [-0.39, 0.29) is 5.91 Å². The number of carbonyl (C=O) groups is 1. The van der Waals surface area contributed by atoms with E-state index < -0.39 is 0 Å². The van der Waals surface area contributed by atoms with Crippen molar-refractivity contribution in [3.63, 3.8) is 0 Å². The fourth-order valence-corrected chi connectivity index (χ4v) is 3.44. The van der Waals surface area contributed by atoms with E-state index in [4.69, 9.17) is 4.42 Å². The van der Waals surface area contributed by atoms with E-state index in [0.29, 0.717) is 35.2 Å². The Kier molecular flexibility index (Phi) is 4.74. The van der Waals surface area contributed by atoms with Crippen molar-refractivity contribution in [2.24, 2.45) is 0 Å². The van der Waals surface area contributed by atoms with Crippen molar-refractivity contribution in [3.8, 4) is 17.4 Å². The fourth-order valence-electron chi connectivity index (χ4n) is 2.83. The molecule has 9 heteroatoms. The molecule has 0 saturated carbocycles. The van der Waals surface area contributed by atoms with E-state index >= 15 is 0 Å². The van der Waals surface area contributed by atoms with Crippen molar-refractivity contribution in [1.29, 1.82) is 0 Å². The van der Waals surface area contributed by atoms with Crippen molar-refractivity contribution in [2.45, 2.75) is 20.4 Å². The van der Waals surface area contributed by atoms with Gasteiger partial charge in [-0.3, -0.25) is 4.79 Å². The van der Waals surface area contributed by atoms with E-state index in [1.165, 1.54) is 0 Å². The van der Waals surface area contributed by atoms with Crippen LogP contribution in [0.4, 0.5) is 0 Å². The molecule has 0 radical (unpaired) electrons. The van der Waals surface area contributed by atoms with Crippen LogP contribution in [0.5, 0.6) is 0 Å². The molecular weight excluding hydrogens is 376 g/mol. The minimum absolute atomic E-state index is 0.128. The summed E-state index contributed by atoms with van der Waals surface area (Å²) in [6.07, 6.45) is 4.77. The van der Waals surface area contributed by atoms with Crippen LogP contribution in [0.25, 0.3) is 17.4 Å². The Balaban J connectivity index is 1.59. The van der Waals surface area contributed by atoms with Crippen molar-refractivity contribution in [1.82, 2.24) is 29.6 Å². The van der Waals surface area contributed by atoms with E-state index in [2.05, 4.69) is 20.1 Å². The van der Waals surface area contributed by atoms with Gasteiger partial charge in [0.25, 0.3) is 11.9 Å². The standard InChI is InChI=1S/C19H18N6O2S/c1-12-15(18(26)24(3)10-14-11-28-13(2)22-14)9-21-25(12)19-20-7-6-16(23-19)17-5-4-8-27-17/h4-9,11H,10H2,1-3H3. The van der Waals surface area contributed by atoms with Crippen molar-refractivity contribution in [3.05, 3.63) is 64.2 Å². The van der Waals surface area contributed by atoms with Crippen LogP contribution in [0.15, 0.2) is 46.7 Å². The third kappa shape index (κ3) is 3.44. The molecule has 8 nitrogen and oxygen atoms in total. The zero-order chi connectivity index (χ0) is 19.7. The molecule has 4 rings (SSSR count). The lowest BCUT2D eigenvalue weighted by Crippen LogP contribution is -2.26. The summed E-state index contributed by atoms with van der Waals surface area (Å²) >= 11 is 1.57. The topological polar surface area (TPSA) is 89.9 Å². The molecule has 0 fully saturated rings. The van der Waals surface area contributed by atoms with Gasteiger partial charge in [-0.25, -0.2) is 19.6 Å². The molecule has 0 unspecified atom stereocenters. The Labute approximate surface area is 165 Å². The van der Waals surface area contributed by atoms with Gasteiger partial charge in [-0.05, 0) is 32.0 Å². The third-order valence-electron chi connectivity index (χ3n) is 4.26. The number of hydrogen-bond acceptors (Lipinski definition) is 7. The molecule has 1 amide bonds. The normalized spacial score (nSPS) is 11.0. The number of nitrogens with zero attached hydrogens (tertiary/aromatic N) is 6. The molecule has 142 valence electrons. The van der Waals surface area contributed by atoms with Gasteiger partial charge in [0.15, 0.2) is 5.76 Å². The van der Waals surface area contributed by atoms with E-state index in [1.807, 2.05) is 25.3 Å². The molecule has 0 aromatic carbocycles. The van der Waals surface area contributed by atoms with Crippen molar-refractivity contribution < 1.29 is 9.21 Å². The van der Waals surface area contributed by atoms with Gasteiger partial charge in [-0.2, -0.15) is 5.10 Å². The first kappa shape index (κ1) is 18.1. The summed E-state index contributed by atoms with van der Waals surface area (Å²) in [5, 5.41) is 7.26. The Hall–Kier alpha value is -3.33. The lowest BCUT2D eigenvalue weighted by molar-refractivity contribution is 0.0783. The minimum atomic E-state index is -0.128. The van der Waals surface area contributed by atoms with Gasteiger partial charge in [0, 0.05) is 18.6 Å². The van der Waals surface area contributed by atoms with Crippen LogP contribution in [0.3, 0.4) is 0 Å². The van der Waals surface area contributed by atoms with Gasteiger partial charge in [0.2, 0.25) is 0 Å². The zero-order valence-corrected chi connectivity index (χ0v) is 16.5. The van der Waals surface area contributed by atoms with Crippen LogP contribution in [-0.2, 0) is 6.54 Å². The largest absolute Gasteiger partial charge is 0.463 e. The van der Waals surface area contributed by atoms with Gasteiger partial charge in [0.05, 0.1) is 41.0 Å². The summed E-state index contributed by atoms with van der Waals surface area (Å²) in [6, 6.07) is 5.38. The number of aryl methyl sites for hydroxylation is 1. The highest BCUT2D eigenvalue weighted by atomic mass is 32.1. The number of aromatic nitrogens is 5. The second kappa shape index (κ2) is 7.35.